The van der Waals surface area contributed by atoms with Crippen molar-refractivity contribution in [1.29, 1.82) is 0 Å². The van der Waals surface area contributed by atoms with Gasteiger partial charge in [-0.15, -0.1) is 0 Å². The Hall–Kier alpha value is -3.49. The van der Waals surface area contributed by atoms with Crippen LogP contribution in [0.25, 0.3) is 11.1 Å². The molecule has 0 fully saturated rings. The smallest absolute Gasteiger partial charge is 0.303 e. The van der Waals surface area contributed by atoms with Crippen LogP contribution in [0.3, 0.4) is 0 Å². The normalized spacial score (nSPS) is 10.2. The molecule has 0 aliphatic carbocycles. The molecule has 2 N–H and O–H groups in total. The van der Waals surface area contributed by atoms with E-state index in [1.165, 1.54) is 6.07 Å². The molecule has 0 unspecified atom stereocenters. The quantitative estimate of drug-likeness (QED) is 0.672. The van der Waals surface area contributed by atoms with Gasteiger partial charge in [-0.2, -0.15) is 10.2 Å². The summed E-state index contributed by atoms with van der Waals surface area (Å²) in [7, 11) is 1.89. The number of nitrogens with zero attached hydrogens (tertiary/aromatic N) is 4. The molecule has 1 aromatic carbocycles. The van der Waals surface area contributed by atoms with E-state index in [2.05, 4.69) is 10.2 Å². The van der Waals surface area contributed by atoms with Crippen LogP contribution in [0.1, 0.15) is 24.1 Å². The lowest BCUT2D eigenvalue weighted by atomic mass is 10.1. The standard InChI is InChI=1S/C15H15FN4.C4H6O4/c1-11-7-12(3-4-15(11)16)13-8-17-20(9-13)10-14-5-6-19(2)18-14;5-3(6)1-2-4(7)8/h3-9H,10H2,1-2H3;1-2H2,(H,5,6)(H,7,8). The predicted octanol–water partition coefficient (Wildman–Crippen LogP) is 2.72. The summed E-state index contributed by atoms with van der Waals surface area (Å²) in [4.78, 5) is 19.3. The molecule has 8 nitrogen and oxygen atoms in total. The zero-order chi connectivity index (χ0) is 20.7. The monoisotopic (exact) mass is 388 g/mol. The third-order valence-electron chi connectivity index (χ3n) is 3.77. The van der Waals surface area contributed by atoms with Crippen molar-refractivity contribution in [3.8, 4) is 11.1 Å². The van der Waals surface area contributed by atoms with Crippen LogP contribution >= 0.6 is 0 Å². The largest absolute Gasteiger partial charge is 0.481 e. The number of carboxylic acids is 2. The van der Waals surface area contributed by atoms with Crippen molar-refractivity contribution >= 4 is 11.9 Å². The van der Waals surface area contributed by atoms with Gasteiger partial charge in [-0.3, -0.25) is 19.0 Å². The summed E-state index contributed by atoms with van der Waals surface area (Å²) in [6.45, 7) is 2.39. The molecule has 2 aromatic heterocycles. The summed E-state index contributed by atoms with van der Waals surface area (Å²) >= 11 is 0. The first kappa shape index (κ1) is 20.8. The molecule has 0 atom stereocenters. The molecule has 3 aromatic rings. The van der Waals surface area contributed by atoms with Crippen LogP contribution in [-0.4, -0.2) is 41.7 Å². The Kier molecular flexibility index (Phi) is 7.02. The van der Waals surface area contributed by atoms with Crippen molar-refractivity contribution in [2.75, 3.05) is 0 Å². The van der Waals surface area contributed by atoms with E-state index in [1.54, 1.807) is 23.9 Å². The molecule has 0 amide bonds. The maximum atomic E-state index is 13.3. The molecule has 0 radical (unpaired) electrons. The van der Waals surface area contributed by atoms with Crippen molar-refractivity contribution in [3.63, 3.8) is 0 Å². The summed E-state index contributed by atoms with van der Waals surface area (Å²) < 4.78 is 16.9. The van der Waals surface area contributed by atoms with Gasteiger partial charge in [0.2, 0.25) is 0 Å². The second-order valence-electron chi connectivity index (χ2n) is 6.16. The summed E-state index contributed by atoms with van der Waals surface area (Å²) in [6.07, 6.45) is 5.05. The topological polar surface area (TPSA) is 110 Å². The van der Waals surface area contributed by atoms with Crippen molar-refractivity contribution in [1.82, 2.24) is 19.6 Å². The molecule has 0 bridgehead atoms. The Morgan fingerprint density at radius 3 is 2.32 bits per heavy atom. The Morgan fingerprint density at radius 2 is 1.79 bits per heavy atom. The Morgan fingerprint density at radius 1 is 1.11 bits per heavy atom. The average Bonchev–Trinajstić information content (AvgIpc) is 3.25. The number of aromatic nitrogens is 4. The SMILES string of the molecule is Cc1cc(-c2cnn(Cc3ccn(C)n3)c2)ccc1F.O=C(O)CCC(=O)O. The fraction of sp³-hybridized carbons (Fsp3) is 0.263. The fourth-order valence-electron chi connectivity index (χ4n) is 2.35. The first-order valence-corrected chi connectivity index (χ1v) is 8.45. The maximum absolute atomic E-state index is 13.3. The Bertz CT molecular complexity index is 951. The second kappa shape index (κ2) is 9.45. The van der Waals surface area contributed by atoms with E-state index in [1.807, 2.05) is 36.3 Å². The highest BCUT2D eigenvalue weighted by Crippen LogP contribution is 2.21. The number of rotatable bonds is 6. The minimum atomic E-state index is -1.08. The van der Waals surface area contributed by atoms with Crippen molar-refractivity contribution in [2.45, 2.75) is 26.3 Å². The third kappa shape index (κ3) is 6.35. The zero-order valence-corrected chi connectivity index (χ0v) is 15.5. The first-order chi connectivity index (χ1) is 13.2. The van der Waals surface area contributed by atoms with Gasteiger partial charge in [0, 0.05) is 25.0 Å². The molecule has 0 aliphatic rings. The molecule has 0 spiro atoms. The molecule has 0 saturated heterocycles. The van der Waals surface area contributed by atoms with E-state index in [-0.39, 0.29) is 18.7 Å². The van der Waals surface area contributed by atoms with Crippen molar-refractivity contribution < 1.29 is 24.2 Å². The highest BCUT2D eigenvalue weighted by Gasteiger charge is 2.06. The molecular formula is C19H21FN4O4. The summed E-state index contributed by atoms with van der Waals surface area (Å²) in [5, 5.41) is 24.4. The van der Waals surface area contributed by atoms with Gasteiger partial charge < -0.3 is 10.2 Å². The number of hydrogen-bond donors (Lipinski definition) is 2. The van der Waals surface area contributed by atoms with E-state index < -0.39 is 11.9 Å². The van der Waals surface area contributed by atoms with Gasteiger partial charge in [-0.05, 0) is 36.2 Å². The van der Waals surface area contributed by atoms with E-state index in [4.69, 9.17) is 10.2 Å². The van der Waals surface area contributed by atoms with E-state index in [9.17, 15) is 14.0 Å². The van der Waals surface area contributed by atoms with Gasteiger partial charge in [0.05, 0.1) is 31.3 Å². The van der Waals surface area contributed by atoms with Gasteiger partial charge in [0.15, 0.2) is 0 Å². The number of benzene rings is 1. The van der Waals surface area contributed by atoms with Gasteiger partial charge >= 0.3 is 11.9 Å². The third-order valence-corrected chi connectivity index (χ3v) is 3.77. The van der Waals surface area contributed by atoms with Crippen LogP contribution in [0.4, 0.5) is 4.39 Å². The molecule has 148 valence electrons. The summed E-state index contributed by atoms with van der Waals surface area (Å²) in [5.41, 5.74) is 3.54. The molecule has 0 aliphatic heterocycles. The molecular weight excluding hydrogens is 367 g/mol. The molecule has 2 heterocycles. The Balaban J connectivity index is 0.000000300. The molecule has 9 heteroatoms. The van der Waals surface area contributed by atoms with Gasteiger partial charge in [0.1, 0.15) is 5.82 Å². The molecule has 28 heavy (non-hydrogen) atoms. The predicted molar refractivity (Wildman–Crippen MR) is 99.2 cm³/mol. The summed E-state index contributed by atoms with van der Waals surface area (Å²) in [6, 6.07) is 7.05. The zero-order valence-electron chi connectivity index (χ0n) is 15.5. The first-order valence-electron chi connectivity index (χ1n) is 8.45. The second-order valence-corrected chi connectivity index (χ2v) is 6.16. The number of aryl methyl sites for hydroxylation is 2. The number of carboxylic acid groups (broad SMARTS) is 2. The van der Waals surface area contributed by atoms with E-state index >= 15 is 0 Å². The van der Waals surface area contributed by atoms with Crippen LogP contribution < -0.4 is 0 Å². The van der Waals surface area contributed by atoms with Crippen LogP contribution in [0.5, 0.6) is 0 Å². The van der Waals surface area contributed by atoms with Crippen molar-refractivity contribution in [2.24, 2.45) is 7.05 Å². The van der Waals surface area contributed by atoms with Gasteiger partial charge in [-0.25, -0.2) is 4.39 Å². The van der Waals surface area contributed by atoms with Crippen LogP contribution in [0, 0.1) is 12.7 Å². The molecule has 0 saturated carbocycles. The van der Waals surface area contributed by atoms with E-state index in [0.29, 0.717) is 12.1 Å². The van der Waals surface area contributed by atoms with Crippen molar-refractivity contribution in [3.05, 3.63) is 59.9 Å². The number of halogens is 1. The van der Waals surface area contributed by atoms with E-state index in [0.717, 1.165) is 16.8 Å². The number of aliphatic carboxylic acids is 2. The minimum Gasteiger partial charge on any atom is -0.481 e. The van der Waals surface area contributed by atoms with Crippen LogP contribution in [0.2, 0.25) is 0 Å². The highest BCUT2D eigenvalue weighted by atomic mass is 19.1. The van der Waals surface area contributed by atoms with Crippen LogP contribution in [-0.2, 0) is 23.2 Å². The lowest BCUT2D eigenvalue weighted by Gasteiger charge is -2.00. The van der Waals surface area contributed by atoms with Gasteiger partial charge in [0.25, 0.3) is 0 Å². The fourth-order valence-corrected chi connectivity index (χ4v) is 2.35. The lowest BCUT2D eigenvalue weighted by Crippen LogP contribution is -2.01. The Labute approximate surface area is 160 Å². The highest BCUT2D eigenvalue weighted by molar-refractivity contribution is 5.75. The number of hydrogen-bond acceptors (Lipinski definition) is 4. The average molecular weight is 388 g/mol. The van der Waals surface area contributed by atoms with Crippen LogP contribution in [0.15, 0.2) is 42.9 Å². The van der Waals surface area contributed by atoms with Gasteiger partial charge in [-0.1, -0.05) is 6.07 Å². The number of carbonyl (C=O) groups is 2. The lowest BCUT2D eigenvalue weighted by molar-refractivity contribution is -0.143. The molecule has 3 rings (SSSR count). The summed E-state index contributed by atoms with van der Waals surface area (Å²) in [5.74, 6) is -2.34. The maximum Gasteiger partial charge on any atom is 0.303 e. The minimum absolute atomic E-state index is 0.186.